The summed E-state index contributed by atoms with van der Waals surface area (Å²) in [4.78, 5) is 32.7. The van der Waals surface area contributed by atoms with Gasteiger partial charge in [0.1, 0.15) is 0 Å². The predicted octanol–water partition coefficient (Wildman–Crippen LogP) is 2.65. The molecule has 1 aliphatic rings. The molecule has 3 aromatic rings. The molecule has 1 fully saturated rings. The maximum Gasteiger partial charge on any atom is 0.255 e. The van der Waals surface area contributed by atoms with Gasteiger partial charge in [-0.05, 0) is 30.9 Å². The van der Waals surface area contributed by atoms with Crippen molar-refractivity contribution in [1.29, 1.82) is 0 Å². The molecule has 1 N–H and O–H groups in total. The topological polar surface area (TPSA) is 92.6 Å². The molecule has 0 bridgehead atoms. The van der Waals surface area contributed by atoms with Gasteiger partial charge in [-0.3, -0.25) is 9.59 Å². The van der Waals surface area contributed by atoms with Crippen LogP contribution in [-0.4, -0.2) is 50.1 Å². The van der Waals surface area contributed by atoms with E-state index in [1.807, 2.05) is 23.2 Å². The number of aromatic amines is 1. The molecule has 0 unspecified atom stereocenters. The molecule has 8 heteroatoms. The van der Waals surface area contributed by atoms with Crippen LogP contribution in [0.3, 0.4) is 0 Å². The van der Waals surface area contributed by atoms with E-state index >= 15 is 0 Å². The minimum Gasteiger partial charge on any atom is -0.476 e. The van der Waals surface area contributed by atoms with Crippen LogP contribution in [0.25, 0.3) is 5.65 Å². The highest BCUT2D eigenvalue weighted by atomic mass is 16.5. The number of hydrogen-bond acceptors (Lipinski definition) is 5. The van der Waals surface area contributed by atoms with Crippen LogP contribution in [0.1, 0.15) is 49.7 Å². The van der Waals surface area contributed by atoms with Gasteiger partial charge in [-0.15, -0.1) is 5.10 Å². The molecule has 0 aliphatic carbocycles. The largest absolute Gasteiger partial charge is 0.476 e. The van der Waals surface area contributed by atoms with E-state index < -0.39 is 0 Å². The van der Waals surface area contributed by atoms with E-state index in [0.717, 1.165) is 24.2 Å². The second kappa shape index (κ2) is 7.93. The molecule has 1 amide bonds. The maximum atomic E-state index is 12.5. The number of likely N-dealkylation sites (tertiary alicyclic amines) is 1. The van der Waals surface area contributed by atoms with Crippen LogP contribution in [0.5, 0.6) is 5.88 Å². The third-order valence-electron chi connectivity index (χ3n) is 5.46. The highest BCUT2D eigenvalue weighted by Crippen LogP contribution is 2.23. The number of carbonyl (C=O) groups is 1. The minimum atomic E-state index is -0.209. The molecule has 4 heterocycles. The fraction of sp³-hybridized carbons (Fsp3) is 0.455. The van der Waals surface area contributed by atoms with Gasteiger partial charge in [-0.2, -0.15) is 0 Å². The van der Waals surface area contributed by atoms with Gasteiger partial charge in [0.2, 0.25) is 11.4 Å². The number of piperidine rings is 1. The number of H-pyrrole nitrogens is 1. The Labute approximate surface area is 174 Å². The highest BCUT2D eigenvalue weighted by molar-refractivity contribution is 5.93. The molecule has 158 valence electrons. The molecule has 3 aromatic heterocycles. The lowest BCUT2D eigenvalue weighted by Crippen LogP contribution is -2.39. The standard InChI is InChI=1S/C22H27N5O3/c1-22(2,3)17-13-27-18(24-17)5-7-20(25-27)30-14-15-8-10-26(11-9-15)21(29)16-4-6-19(28)23-12-16/h4-7,12-13,15H,8-11,14H2,1-3H3,(H,23,28). The second-order valence-electron chi connectivity index (χ2n) is 8.84. The Kier molecular flexibility index (Phi) is 5.32. The van der Waals surface area contributed by atoms with E-state index in [1.54, 1.807) is 10.6 Å². The summed E-state index contributed by atoms with van der Waals surface area (Å²) in [6.07, 6.45) is 5.17. The monoisotopic (exact) mass is 409 g/mol. The van der Waals surface area contributed by atoms with Crippen molar-refractivity contribution in [3.05, 3.63) is 58.3 Å². The number of imidazole rings is 1. The van der Waals surface area contributed by atoms with Crippen LogP contribution < -0.4 is 10.3 Å². The van der Waals surface area contributed by atoms with Crippen molar-refractivity contribution in [2.45, 2.75) is 39.0 Å². The number of carbonyl (C=O) groups excluding carboxylic acids is 1. The second-order valence-corrected chi connectivity index (χ2v) is 8.84. The fourth-order valence-electron chi connectivity index (χ4n) is 3.54. The van der Waals surface area contributed by atoms with Gasteiger partial charge in [0.25, 0.3) is 5.91 Å². The van der Waals surface area contributed by atoms with Crippen molar-refractivity contribution in [3.63, 3.8) is 0 Å². The summed E-state index contributed by atoms with van der Waals surface area (Å²) in [5.41, 5.74) is 2.07. The van der Waals surface area contributed by atoms with Gasteiger partial charge in [-0.25, -0.2) is 9.50 Å². The summed E-state index contributed by atoms with van der Waals surface area (Å²) < 4.78 is 7.70. The molecule has 8 nitrogen and oxygen atoms in total. The number of pyridine rings is 1. The first-order valence-electron chi connectivity index (χ1n) is 10.3. The van der Waals surface area contributed by atoms with Crippen LogP contribution in [0.4, 0.5) is 0 Å². The third kappa shape index (κ3) is 4.37. The summed E-state index contributed by atoms with van der Waals surface area (Å²) in [5.74, 6) is 0.898. The Bertz CT molecular complexity index is 1080. The summed E-state index contributed by atoms with van der Waals surface area (Å²) in [7, 11) is 0. The summed E-state index contributed by atoms with van der Waals surface area (Å²) in [6, 6.07) is 6.72. The van der Waals surface area contributed by atoms with Crippen molar-refractivity contribution >= 4 is 11.6 Å². The fourth-order valence-corrected chi connectivity index (χ4v) is 3.54. The summed E-state index contributed by atoms with van der Waals surface area (Å²) >= 11 is 0. The van der Waals surface area contributed by atoms with Crippen molar-refractivity contribution in [1.82, 2.24) is 24.5 Å². The molecule has 0 saturated carbocycles. The first-order valence-corrected chi connectivity index (χ1v) is 10.3. The van der Waals surface area contributed by atoms with Crippen LogP contribution in [-0.2, 0) is 5.41 Å². The van der Waals surface area contributed by atoms with Crippen molar-refractivity contribution in [2.24, 2.45) is 5.92 Å². The van der Waals surface area contributed by atoms with E-state index in [2.05, 4.69) is 35.8 Å². The number of ether oxygens (including phenoxy) is 1. The van der Waals surface area contributed by atoms with Gasteiger partial charge in [-0.1, -0.05) is 20.8 Å². The Hall–Kier alpha value is -3.16. The SMILES string of the molecule is CC(C)(C)c1cn2nc(OCC3CCN(C(=O)c4ccc(=O)[nH]c4)CC3)ccc2n1. The molecule has 0 radical (unpaired) electrons. The smallest absolute Gasteiger partial charge is 0.255 e. The van der Waals surface area contributed by atoms with E-state index in [9.17, 15) is 9.59 Å². The van der Waals surface area contributed by atoms with Gasteiger partial charge in [0.15, 0.2) is 5.65 Å². The number of nitrogens with one attached hydrogen (secondary N) is 1. The van der Waals surface area contributed by atoms with Crippen molar-refractivity contribution in [3.8, 4) is 5.88 Å². The highest BCUT2D eigenvalue weighted by Gasteiger charge is 2.24. The molecule has 0 atom stereocenters. The van der Waals surface area contributed by atoms with Gasteiger partial charge >= 0.3 is 0 Å². The predicted molar refractivity (Wildman–Crippen MR) is 113 cm³/mol. The van der Waals surface area contributed by atoms with Gasteiger partial charge < -0.3 is 14.6 Å². The number of nitrogens with zero attached hydrogens (tertiary/aromatic N) is 4. The van der Waals surface area contributed by atoms with Crippen LogP contribution in [0.15, 0.2) is 41.5 Å². The number of amides is 1. The van der Waals surface area contributed by atoms with E-state index in [4.69, 9.17) is 4.74 Å². The Morgan fingerprint density at radius 1 is 1.20 bits per heavy atom. The Balaban J connectivity index is 1.31. The van der Waals surface area contributed by atoms with Crippen LogP contribution in [0, 0.1) is 5.92 Å². The number of fused-ring (bicyclic) bond motifs is 1. The average Bonchev–Trinajstić information content (AvgIpc) is 3.17. The molecular formula is C22H27N5O3. The van der Waals surface area contributed by atoms with E-state index in [0.29, 0.717) is 37.1 Å². The van der Waals surface area contributed by atoms with Crippen molar-refractivity contribution in [2.75, 3.05) is 19.7 Å². The molecular weight excluding hydrogens is 382 g/mol. The van der Waals surface area contributed by atoms with E-state index in [-0.39, 0.29) is 16.9 Å². The Morgan fingerprint density at radius 3 is 2.63 bits per heavy atom. The number of aromatic nitrogens is 4. The maximum absolute atomic E-state index is 12.5. The van der Waals surface area contributed by atoms with Crippen molar-refractivity contribution < 1.29 is 9.53 Å². The van der Waals surface area contributed by atoms with Gasteiger partial charge in [0, 0.05) is 36.8 Å². The summed E-state index contributed by atoms with van der Waals surface area (Å²) in [6.45, 7) is 8.30. The molecule has 0 spiro atoms. The normalized spacial score (nSPS) is 15.5. The minimum absolute atomic E-state index is 0.0326. The summed E-state index contributed by atoms with van der Waals surface area (Å²) in [5, 5.41) is 4.52. The average molecular weight is 409 g/mol. The number of hydrogen-bond donors (Lipinski definition) is 1. The zero-order valence-electron chi connectivity index (χ0n) is 17.6. The third-order valence-corrected chi connectivity index (χ3v) is 5.46. The van der Waals surface area contributed by atoms with Crippen LogP contribution >= 0.6 is 0 Å². The lowest BCUT2D eigenvalue weighted by atomic mass is 9.93. The quantitative estimate of drug-likeness (QED) is 0.715. The Morgan fingerprint density at radius 2 is 1.97 bits per heavy atom. The zero-order chi connectivity index (χ0) is 21.3. The number of rotatable bonds is 4. The van der Waals surface area contributed by atoms with E-state index in [1.165, 1.54) is 12.3 Å². The first kappa shape index (κ1) is 20.1. The zero-order valence-corrected chi connectivity index (χ0v) is 17.6. The lowest BCUT2D eigenvalue weighted by Gasteiger charge is -2.31. The molecule has 1 saturated heterocycles. The molecule has 4 rings (SSSR count). The lowest BCUT2D eigenvalue weighted by molar-refractivity contribution is 0.0658. The van der Waals surface area contributed by atoms with Gasteiger partial charge in [0.05, 0.1) is 24.1 Å². The molecule has 1 aliphatic heterocycles. The molecule has 30 heavy (non-hydrogen) atoms. The molecule has 0 aromatic carbocycles. The van der Waals surface area contributed by atoms with Crippen LogP contribution in [0.2, 0.25) is 0 Å². The first-order chi connectivity index (χ1) is 14.3.